The van der Waals surface area contributed by atoms with E-state index in [1.165, 1.54) is 41.0 Å². The van der Waals surface area contributed by atoms with Gasteiger partial charge in [-0.1, -0.05) is 18.2 Å². The Morgan fingerprint density at radius 3 is 2.88 bits per heavy atom. The zero-order valence-electron chi connectivity index (χ0n) is 10.4. The molecule has 3 nitrogen and oxygen atoms in total. The highest BCUT2D eigenvalue weighted by atomic mass is 16.2. The number of carbonyl (C=O) groups is 1. The van der Waals surface area contributed by atoms with Crippen LogP contribution < -0.4 is 5.84 Å². The molecule has 0 saturated carbocycles. The van der Waals surface area contributed by atoms with Crippen molar-refractivity contribution in [2.24, 2.45) is 5.84 Å². The highest BCUT2D eigenvalue weighted by molar-refractivity contribution is 5.75. The van der Waals surface area contributed by atoms with Crippen molar-refractivity contribution in [1.29, 1.82) is 0 Å². The normalized spacial score (nSPS) is 13.5. The van der Waals surface area contributed by atoms with Gasteiger partial charge < -0.3 is 0 Å². The molecule has 2 N–H and O–H groups in total. The molecule has 0 aromatic heterocycles. The fourth-order valence-corrected chi connectivity index (χ4v) is 2.40. The molecule has 0 radical (unpaired) electrons. The third-order valence-electron chi connectivity index (χ3n) is 3.41. The number of hydrogen-bond acceptors (Lipinski definition) is 2. The van der Waals surface area contributed by atoms with E-state index >= 15 is 0 Å². The van der Waals surface area contributed by atoms with E-state index in [0.29, 0.717) is 6.42 Å². The Morgan fingerprint density at radius 1 is 1.35 bits per heavy atom. The first-order chi connectivity index (χ1) is 8.16. The third kappa shape index (κ3) is 3.07. The quantitative estimate of drug-likeness (QED) is 0.489. The molecule has 0 heterocycles. The van der Waals surface area contributed by atoms with E-state index in [4.69, 9.17) is 5.84 Å². The van der Waals surface area contributed by atoms with Crippen molar-refractivity contribution in [2.45, 2.75) is 38.5 Å². The van der Waals surface area contributed by atoms with E-state index in [2.05, 4.69) is 18.2 Å². The van der Waals surface area contributed by atoms with Crippen molar-refractivity contribution >= 4 is 5.91 Å². The highest BCUT2D eigenvalue weighted by Gasteiger charge is 2.11. The maximum Gasteiger partial charge on any atom is 0.236 e. The number of amides is 1. The average molecular weight is 232 g/mol. The van der Waals surface area contributed by atoms with Crippen LogP contribution in [0, 0.1) is 0 Å². The summed E-state index contributed by atoms with van der Waals surface area (Å²) in [4.78, 5) is 11.3. The molecule has 1 aromatic rings. The van der Waals surface area contributed by atoms with Crippen LogP contribution in [0.1, 0.15) is 36.0 Å². The van der Waals surface area contributed by atoms with E-state index in [1.54, 1.807) is 7.05 Å². The van der Waals surface area contributed by atoms with Gasteiger partial charge in [-0.25, -0.2) is 5.84 Å². The van der Waals surface area contributed by atoms with Crippen molar-refractivity contribution in [3.05, 3.63) is 34.9 Å². The second-order valence-corrected chi connectivity index (χ2v) is 4.81. The summed E-state index contributed by atoms with van der Waals surface area (Å²) < 4.78 is 0. The number of nitrogens with two attached hydrogens (primary N) is 1. The number of carbonyl (C=O) groups excluding carboxylic acids is 1. The van der Waals surface area contributed by atoms with Crippen LogP contribution in [0.5, 0.6) is 0 Å². The molecule has 0 saturated heterocycles. The molecule has 0 unspecified atom stereocenters. The minimum Gasteiger partial charge on any atom is -0.284 e. The molecule has 17 heavy (non-hydrogen) atoms. The van der Waals surface area contributed by atoms with Gasteiger partial charge in [-0.2, -0.15) is 0 Å². The van der Waals surface area contributed by atoms with Crippen molar-refractivity contribution in [2.75, 3.05) is 7.05 Å². The van der Waals surface area contributed by atoms with Gasteiger partial charge in [0.2, 0.25) is 5.91 Å². The van der Waals surface area contributed by atoms with Gasteiger partial charge in [0.1, 0.15) is 0 Å². The molecular weight excluding hydrogens is 212 g/mol. The first-order valence-corrected chi connectivity index (χ1v) is 6.29. The summed E-state index contributed by atoms with van der Waals surface area (Å²) in [6.45, 7) is 0. The molecule has 1 amide bonds. The van der Waals surface area contributed by atoms with Crippen molar-refractivity contribution < 1.29 is 4.79 Å². The molecule has 1 aliphatic carbocycles. The zero-order valence-corrected chi connectivity index (χ0v) is 10.4. The average Bonchev–Trinajstić information content (AvgIpc) is 2.75. The molecule has 92 valence electrons. The van der Waals surface area contributed by atoms with Crippen LogP contribution in [-0.4, -0.2) is 18.0 Å². The van der Waals surface area contributed by atoms with Gasteiger partial charge in [-0.3, -0.25) is 9.80 Å². The summed E-state index contributed by atoms with van der Waals surface area (Å²) >= 11 is 0. The fraction of sp³-hybridized carbons (Fsp3) is 0.500. The number of hydrazine groups is 1. The number of hydrogen-bond donors (Lipinski definition) is 1. The lowest BCUT2D eigenvalue weighted by Crippen LogP contribution is -2.32. The van der Waals surface area contributed by atoms with E-state index in [-0.39, 0.29) is 5.91 Å². The lowest BCUT2D eigenvalue weighted by Gasteiger charge is -2.09. The van der Waals surface area contributed by atoms with Gasteiger partial charge in [0.25, 0.3) is 0 Å². The Morgan fingerprint density at radius 2 is 2.12 bits per heavy atom. The molecule has 0 bridgehead atoms. The molecule has 2 rings (SSSR count). The number of nitrogens with zero attached hydrogens (tertiary/aromatic N) is 1. The fourth-order valence-electron chi connectivity index (χ4n) is 2.40. The lowest BCUT2D eigenvalue weighted by molar-refractivity contribution is -0.130. The van der Waals surface area contributed by atoms with E-state index in [1.807, 2.05) is 0 Å². The second kappa shape index (κ2) is 5.32. The smallest absolute Gasteiger partial charge is 0.236 e. The van der Waals surface area contributed by atoms with Crippen LogP contribution in [0.15, 0.2) is 18.2 Å². The van der Waals surface area contributed by atoms with Crippen LogP contribution >= 0.6 is 0 Å². The van der Waals surface area contributed by atoms with Crippen molar-refractivity contribution in [3.8, 4) is 0 Å². The first kappa shape index (κ1) is 12.1. The second-order valence-electron chi connectivity index (χ2n) is 4.81. The lowest BCUT2D eigenvalue weighted by atomic mass is 10.0. The maximum absolute atomic E-state index is 11.3. The SMILES string of the molecule is CN(N)C(=O)CCCc1ccc2c(c1)CCC2. The molecule has 0 atom stereocenters. The van der Waals surface area contributed by atoms with Gasteiger partial charge in [0, 0.05) is 13.5 Å². The molecule has 0 fully saturated rings. The summed E-state index contributed by atoms with van der Waals surface area (Å²) in [6, 6.07) is 6.74. The minimum absolute atomic E-state index is 0.00570. The maximum atomic E-state index is 11.3. The van der Waals surface area contributed by atoms with Crippen LogP contribution in [0.3, 0.4) is 0 Å². The van der Waals surface area contributed by atoms with Gasteiger partial charge in [-0.15, -0.1) is 0 Å². The van der Waals surface area contributed by atoms with E-state index < -0.39 is 0 Å². The summed E-state index contributed by atoms with van der Waals surface area (Å²) in [5.41, 5.74) is 4.36. The van der Waals surface area contributed by atoms with Gasteiger partial charge in [0.05, 0.1) is 0 Å². The monoisotopic (exact) mass is 232 g/mol. The van der Waals surface area contributed by atoms with Gasteiger partial charge in [-0.05, 0) is 48.8 Å². The van der Waals surface area contributed by atoms with Gasteiger partial charge in [0.15, 0.2) is 0 Å². The Labute approximate surface area is 103 Å². The van der Waals surface area contributed by atoms with E-state index in [9.17, 15) is 4.79 Å². The summed E-state index contributed by atoms with van der Waals surface area (Å²) in [6.07, 6.45) is 6.10. The number of aryl methyl sites for hydroxylation is 3. The first-order valence-electron chi connectivity index (χ1n) is 6.29. The summed E-state index contributed by atoms with van der Waals surface area (Å²) in [7, 11) is 1.59. The van der Waals surface area contributed by atoms with Crippen molar-refractivity contribution in [3.63, 3.8) is 0 Å². The predicted octanol–water partition coefficient (Wildman–Crippen LogP) is 1.83. The van der Waals surface area contributed by atoms with Crippen LogP contribution in [0.4, 0.5) is 0 Å². The Bertz CT molecular complexity index is 413. The van der Waals surface area contributed by atoms with Crippen LogP contribution in [-0.2, 0) is 24.1 Å². The molecular formula is C14H20N2O. The largest absolute Gasteiger partial charge is 0.284 e. The topological polar surface area (TPSA) is 46.3 Å². The predicted molar refractivity (Wildman–Crippen MR) is 68.4 cm³/mol. The third-order valence-corrected chi connectivity index (χ3v) is 3.41. The van der Waals surface area contributed by atoms with E-state index in [0.717, 1.165) is 12.8 Å². The summed E-state index contributed by atoms with van der Waals surface area (Å²) in [5, 5.41) is 1.17. The molecule has 1 aliphatic rings. The van der Waals surface area contributed by atoms with Crippen LogP contribution in [0.2, 0.25) is 0 Å². The molecule has 1 aromatic carbocycles. The molecule has 3 heteroatoms. The molecule has 0 aliphatic heterocycles. The Balaban J connectivity index is 1.85. The Hall–Kier alpha value is -1.35. The minimum atomic E-state index is 0.00570. The number of fused-ring (bicyclic) bond motifs is 1. The molecule has 0 spiro atoms. The highest BCUT2D eigenvalue weighted by Crippen LogP contribution is 2.23. The van der Waals surface area contributed by atoms with Crippen molar-refractivity contribution in [1.82, 2.24) is 5.01 Å². The summed E-state index contributed by atoms with van der Waals surface area (Å²) in [5.74, 6) is 5.38. The standard InChI is InChI=1S/C14H20N2O/c1-16(15)14(17)7-2-4-11-8-9-12-5-3-6-13(12)10-11/h8-10H,2-7,15H2,1H3. The Kier molecular flexibility index (Phi) is 3.79. The van der Waals surface area contributed by atoms with Gasteiger partial charge >= 0.3 is 0 Å². The zero-order chi connectivity index (χ0) is 12.3. The number of rotatable bonds is 4. The number of benzene rings is 1. The van der Waals surface area contributed by atoms with Crippen LogP contribution in [0.25, 0.3) is 0 Å².